The van der Waals surface area contributed by atoms with Crippen molar-refractivity contribution in [2.24, 2.45) is 17.6 Å². The summed E-state index contributed by atoms with van der Waals surface area (Å²) in [6, 6.07) is 6.74. The predicted octanol–water partition coefficient (Wildman–Crippen LogP) is 2.47. The van der Waals surface area contributed by atoms with Gasteiger partial charge < -0.3 is 10.5 Å². The van der Waals surface area contributed by atoms with Crippen LogP contribution in [0, 0.1) is 11.8 Å². The van der Waals surface area contributed by atoms with Gasteiger partial charge in [-0.05, 0) is 61.9 Å². The third-order valence-corrected chi connectivity index (χ3v) is 6.25. The molecular weight excluding hydrogens is 312 g/mol. The van der Waals surface area contributed by atoms with Crippen molar-refractivity contribution in [1.82, 2.24) is 4.31 Å². The Hall–Kier alpha value is -1.11. The SMILES string of the molecule is CC(C)CCOc1ccc(S(=O)(=O)N2CCC(CN)CC2)cc1. The van der Waals surface area contributed by atoms with Gasteiger partial charge in [0.1, 0.15) is 5.75 Å². The first-order valence-corrected chi connectivity index (χ1v) is 9.80. The molecule has 0 saturated carbocycles. The van der Waals surface area contributed by atoms with Crippen LogP contribution in [0.25, 0.3) is 0 Å². The van der Waals surface area contributed by atoms with Gasteiger partial charge in [0.2, 0.25) is 10.0 Å². The zero-order chi connectivity index (χ0) is 16.9. The molecule has 1 aliphatic rings. The van der Waals surface area contributed by atoms with Gasteiger partial charge in [0.05, 0.1) is 11.5 Å². The minimum absolute atomic E-state index is 0.333. The molecule has 130 valence electrons. The predicted molar refractivity (Wildman–Crippen MR) is 91.9 cm³/mol. The molecule has 0 spiro atoms. The second-order valence-electron chi connectivity index (χ2n) is 6.59. The van der Waals surface area contributed by atoms with E-state index in [0.717, 1.165) is 19.3 Å². The zero-order valence-electron chi connectivity index (χ0n) is 14.1. The van der Waals surface area contributed by atoms with Gasteiger partial charge in [0.25, 0.3) is 0 Å². The monoisotopic (exact) mass is 340 g/mol. The van der Waals surface area contributed by atoms with E-state index in [4.69, 9.17) is 10.5 Å². The average Bonchev–Trinajstić information content (AvgIpc) is 2.55. The quantitative estimate of drug-likeness (QED) is 0.827. The molecule has 0 aliphatic carbocycles. The fraction of sp³-hybridized carbons (Fsp3) is 0.647. The molecule has 0 amide bonds. The zero-order valence-corrected chi connectivity index (χ0v) is 14.9. The Bertz CT molecular complexity index is 576. The molecule has 2 N–H and O–H groups in total. The van der Waals surface area contributed by atoms with Crippen LogP contribution in [0.5, 0.6) is 5.75 Å². The van der Waals surface area contributed by atoms with Crippen molar-refractivity contribution in [3.8, 4) is 5.75 Å². The Morgan fingerprint density at radius 3 is 2.35 bits per heavy atom. The number of piperidine rings is 1. The Morgan fingerprint density at radius 2 is 1.83 bits per heavy atom. The molecule has 0 bridgehead atoms. The van der Waals surface area contributed by atoms with E-state index in [2.05, 4.69) is 13.8 Å². The van der Waals surface area contributed by atoms with E-state index in [1.165, 1.54) is 0 Å². The largest absolute Gasteiger partial charge is 0.494 e. The molecule has 1 saturated heterocycles. The minimum atomic E-state index is -3.41. The van der Waals surface area contributed by atoms with Crippen LogP contribution in [0.15, 0.2) is 29.2 Å². The summed E-state index contributed by atoms with van der Waals surface area (Å²) in [4.78, 5) is 0.333. The molecule has 1 aromatic rings. The van der Waals surface area contributed by atoms with Crippen LogP contribution in [-0.2, 0) is 10.0 Å². The molecule has 23 heavy (non-hydrogen) atoms. The van der Waals surface area contributed by atoms with Gasteiger partial charge in [0, 0.05) is 13.1 Å². The Kier molecular flexibility index (Phi) is 6.44. The van der Waals surface area contributed by atoms with Crippen molar-refractivity contribution in [3.05, 3.63) is 24.3 Å². The fourth-order valence-electron chi connectivity index (χ4n) is 2.65. The summed E-state index contributed by atoms with van der Waals surface area (Å²) in [7, 11) is -3.41. The van der Waals surface area contributed by atoms with Gasteiger partial charge in [-0.25, -0.2) is 8.42 Å². The summed E-state index contributed by atoms with van der Waals surface area (Å²) in [5.41, 5.74) is 5.66. The number of rotatable bonds is 7. The van der Waals surface area contributed by atoms with E-state index in [0.29, 0.717) is 48.7 Å². The first-order valence-electron chi connectivity index (χ1n) is 8.36. The van der Waals surface area contributed by atoms with Crippen molar-refractivity contribution < 1.29 is 13.2 Å². The van der Waals surface area contributed by atoms with Crippen LogP contribution in [0.4, 0.5) is 0 Å². The molecule has 0 unspecified atom stereocenters. The Balaban J connectivity index is 1.97. The maximum atomic E-state index is 12.7. The highest BCUT2D eigenvalue weighted by atomic mass is 32.2. The van der Waals surface area contributed by atoms with Crippen molar-refractivity contribution in [2.45, 2.75) is 38.0 Å². The van der Waals surface area contributed by atoms with E-state index in [1.807, 2.05) is 0 Å². The number of hydrogen-bond donors (Lipinski definition) is 1. The number of nitrogens with two attached hydrogens (primary N) is 1. The molecule has 0 aromatic heterocycles. The topological polar surface area (TPSA) is 72.6 Å². The molecule has 1 aromatic carbocycles. The highest BCUT2D eigenvalue weighted by molar-refractivity contribution is 7.89. The van der Waals surface area contributed by atoms with Crippen molar-refractivity contribution in [2.75, 3.05) is 26.2 Å². The van der Waals surface area contributed by atoms with E-state index in [-0.39, 0.29) is 0 Å². The highest BCUT2D eigenvalue weighted by Crippen LogP contribution is 2.24. The van der Waals surface area contributed by atoms with Gasteiger partial charge in [-0.1, -0.05) is 13.8 Å². The maximum Gasteiger partial charge on any atom is 0.243 e. The molecule has 2 rings (SSSR count). The van der Waals surface area contributed by atoms with Crippen LogP contribution < -0.4 is 10.5 Å². The number of benzene rings is 1. The smallest absolute Gasteiger partial charge is 0.243 e. The van der Waals surface area contributed by atoms with E-state index >= 15 is 0 Å². The van der Waals surface area contributed by atoms with Crippen LogP contribution in [0.2, 0.25) is 0 Å². The average molecular weight is 340 g/mol. The van der Waals surface area contributed by atoms with Gasteiger partial charge in [-0.3, -0.25) is 0 Å². The van der Waals surface area contributed by atoms with Crippen molar-refractivity contribution in [3.63, 3.8) is 0 Å². The molecule has 5 nitrogen and oxygen atoms in total. The number of sulfonamides is 1. The van der Waals surface area contributed by atoms with Gasteiger partial charge in [-0.15, -0.1) is 0 Å². The molecular formula is C17H28N2O3S. The number of nitrogens with zero attached hydrogens (tertiary/aromatic N) is 1. The summed E-state index contributed by atoms with van der Waals surface area (Å²) in [6.07, 6.45) is 2.66. The van der Waals surface area contributed by atoms with Crippen LogP contribution in [0.1, 0.15) is 33.1 Å². The minimum Gasteiger partial charge on any atom is -0.494 e. The first-order chi connectivity index (χ1) is 10.9. The van der Waals surface area contributed by atoms with E-state index in [1.54, 1.807) is 28.6 Å². The summed E-state index contributed by atoms with van der Waals surface area (Å²) in [5.74, 6) is 1.75. The number of hydrogen-bond acceptors (Lipinski definition) is 4. The van der Waals surface area contributed by atoms with Gasteiger partial charge in [-0.2, -0.15) is 4.31 Å². The molecule has 1 fully saturated rings. The van der Waals surface area contributed by atoms with Gasteiger partial charge in [0.15, 0.2) is 0 Å². The van der Waals surface area contributed by atoms with E-state index < -0.39 is 10.0 Å². The Morgan fingerprint density at radius 1 is 1.22 bits per heavy atom. The third-order valence-electron chi connectivity index (χ3n) is 4.33. The van der Waals surface area contributed by atoms with Crippen LogP contribution in [-0.4, -0.2) is 39.0 Å². The molecule has 1 heterocycles. The molecule has 0 radical (unpaired) electrons. The lowest BCUT2D eigenvalue weighted by Crippen LogP contribution is -2.39. The molecule has 1 aliphatic heterocycles. The second kappa shape index (κ2) is 8.13. The van der Waals surface area contributed by atoms with Crippen LogP contribution in [0.3, 0.4) is 0 Å². The molecule has 6 heteroatoms. The number of ether oxygens (including phenoxy) is 1. The van der Waals surface area contributed by atoms with Crippen LogP contribution >= 0.6 is 0 Å². The summed E-state index contributed by atoms with van der Waals surface area (Å²) in [5, 5.41) is 0. The normalized spacial score (nSPS) is 17.6. The summed E-state index contributed by atoms with van der Waals surface area (Å²) >= 11 is 0. The van der Waals surface area contributed by atoms with Crippen molar-refractivity contribution in [1.29, 1.82) is 0 Å². The fourth-order valence-corrected chi connectivity index (χ4v) is 4.12. The van der Waals surface area contributed by atoms with Gasteiger partial charge >= 0.3 is 0 Å². The summed E-state index contributed by atoms with van der Waals surface area (Å²) in [6.45, 7) is 6.68. The lowest BCUT2D eigenvalue weighted by Gasteiger charge is -2.30. The van der Waals surface area contributed by atoms with E-state index in [9.17, 15) is 8.42 Å². The van der Waals surface area contributed by atoms with Crippen molar-refractivity contribution >= 4 is 10.0 Å². The summed E-state index contributed by atoms with van der Waals surface area (Å²) < 4.78 is 32.5. The lowest BCUT2D eigenvalue weighted by molar-refractivity contribution is 0.278. The third kappa shape index (κ3) is 4.93. The molecule has 0 atom stereocenters. The standard InChI is InChI=1S/C17H28N2O3S/c1-14(2)9-12-22-16-3-5-17(6-4-16)23(20,21)19-10-7-15(13-18)8-11-19/h3-6,14-15H,7-13,18H2,1-2H3. The lowest BCUT2D eigenvalue weighted by atomic mass is 9.99. The first kappa shape index (κ1) is 18.2. The second-order valence-corrected chi connectivity index (χ2v) is 8.52. The Labute approximate surface area is 139 Å². The maximum absolute atomic E-state index is 12.7. The highest BCUT2D eigenvalue weighted by Gasteiger charge is 2.28.